The second-order valence-electron chi connectivity index (χ2n) is 3.68. The summed E-state index contributed by atoms with van der Waals surface area (Å²) in [5.41, 5.74) is -0.445. The number of primary sulfonamides is 1. The maximum atomic E-state index is 11.4. The van der Waals surface area contributed by atoms with Gasteiger partial charge in [0.05, 0.1) is 4.92 Å². The third kappa shape index (κ3) is 4.17. The highest BCUT2D eigenvalue weighted by Gasteiger charge is 2.20. The van der Waals surface area contributed by atoms with Crippen molar-refractivity contribution in [1.82, 2.24) is 5.32 Å². The number of ether oxygens (including phenoxy) is 1. The second kappa shape index (κ2) is 6.30. The largest absolute Gasteiger partial charge is 0.482 e. The van der Waals surface area contributed by atoms with Gasteiger partial charge >= 0.3 is 0 Å². The van der Waals surface area contributed by atoms with Crippen molar-refractivity contribution in [3.8, 4) is 5.75 Å². The molecule has 0 bridgehead atoms. The molecule has 0 spiro atoms. The number of hydrogen-bond donors (Lipinski definition) is 2. The van der Waals surface area contributed by atoms with Crippen LogP contribution in [0, 0.1) is 10.1 Å². The number of non-ortho nitro benzene ring substituents is 1. The number of carbonyl (C=O) groups is 1. The lowest BCUT2D eigenvalue weighted by atomic mass is 10.3. The minimum atomic E-state index is -4.21. The van der Waals surface area contributed by atoms with Crippen molar-refractivity contribution in [2.45, 2.75) is 11.8 Å². The Morgan fingerprint density at radius 3 is 2.65 bits per heavy atom. The molecule has 1 aromatic carbocycles. The summed E-state index contributed by atoms with van der Waals surface area (Å²) in [6.45, 7) is 1.68. The fraction of sp³-hybridized carbons (Fsp3) is 0.300. The topological polar surface area (TPSA) is 142 Å². The molecule has 0 atom stereocenters. The highest BCUT2D eigenvalue weighted by atomic mass is 32.2. The Bertz CT molecular complexity index is 628. The number of carbonyl (C=O) groups excluding carboxylic acids is 1. The number of nitro benzene ring substituents is 1. The van der Waals surface area contributed by atoms with E-state index in [9.17, 15) is 23.3 Å². The molecule has 20 heavy (non-hydrogen) atoms. The van der Waals surface area contributed by atoms with E-state index in [1.54, 1.807) is 6.92 Å². The zero-order valence-corrected chi connectivity index (χ0v) is 11.3. The van der Waals surface area contributed by atoms with Gasteiger partial charge in [0, 0.05) is 18.7 Å². The lowest BCUT2D eigenvalue weighted by Crippen LogP contribution is -2.28. The summed E-state index contributed by atoms with van der Waals surface area (Å²) in [5, 5.41) is 18.0. The Hall–Kier alpha value is -2.20. The molecule has 1 rings (SSSR count). The monoisotopic (exact) mass is 303 g/mol. The van der Waals surface area contributed by atoms with E-state index < -0.39 is 38.0 Å². The predicted octanol–water partition coefficient (Wildman–Crippen LogP) is -0.243. The minimum absolute atomic E-state index is 0.218. The van der Waals surface area contributed by atoms with Gasteiger partial charge in [-0.2, -0.15) is 0 Å². The Labute approximate surface area is 114 Å². The number of likely N-dealkylation sites (N-methyl/N-ethyl adjacent to an activating group) is 1. The lowest BCUT2D eigenvalue weighted by Gasteiger charge is -2.09. The Balaban J connectivity index is 3.07. The minimum Gasteiger partial charge on any atom is -0.482 e. The van der Waals surface area contributed by atoms with Crippen LogP contribution >= 0.6 is 0 Å². The molecule has 0 saturated carbocycles. The zero-order valence-electron chi connectivity index (χ0n) is 10.5. The van der Waals surface area contributed by atoms with E-state index in [1.165, 1.54) is 0 Å². The summed E-state index contributed by atoms with van der Waals surface area (Å²) in [6, 6.07) is 2.92. The molecular formula is C10H13N3O6S. The van der Waals surface area contributed by atoms with Gasteiger partial charge in [0.25, 0.3) is 11.6 Å². The van der Waals surface area contributed by atoms with Crippen molar-refractivity contribution in [3.05, 3.63) is 28.3 Å². The number of rotatable bonds is 6. The molecule has 0 aliphatic carbocycles. The summed E-state index contributed by atoms with van der Waals surface area (Å²) in [5.74, 6) is -0.671. The molecule has 0 aromatic heterocycles. The van der Waals surface area contributed by atoms with E-state index in [-0.39, 0.29) is 5.75 Å². The summed E-state index contributed by atoms with van der Waals surface area (Å²) in [4.78, 5) is 20.5. The Kier molecular flexibility index (Phi) is 5.00. The van der Waals surface area contributed by atoms with Gasteiger partial charge in [-0.3, -0.25) is 14.9 Å². The van der Waals surface area contributed by atoms with Crippen LogP contribution < -0.4 is 15.2 Å². The molecule has 0 radical (unpaired) electrons. The van der Waals surface area contributed by atoms with Gasteiger partial charge in [0.15, 0.2) is 6.61 Å². The molecule has 9 nitrogen and oxygen atoms in total. The molecule has 1 aromatic rings. The molecule has 0 aliphatic rings. The first-order chi connectivity index (χ1) is 9.25. The number of nitrogens with zero attached hydrogens (tertiary/aromatic N) is 1. The Morgan fingerprint density at radius 1 is 1.50 bits per heavy atom. The number of nitrogens with one attached hydrogen (secondary N) is 1. The molecule has 0 saturated heterocycles. The van der Waals surface area contributed by atoms with Crippen molar-refractivity contribution in [1.29, 1.82) is 0 Å². The predicted molar refractivity (Wildman–Crippen MR) is 68.6 cm³/mol. The molecular weight excluding hydrogens is 290 g/mol. The quantitative estimate of drug-likeness (QED) is 0.548. The van der Waals surface area contributed by atoms with Gasteiger partial charge in [-0.15, -0.1) is 0 Å². The summed E-state index contributed by atoms with van der Waals surface area (Å²) in [6.07, 6.45) is 0. The molecule has 0 aliphatic heterocycles. The fourth-order valence-corrected chi connectivity index (χ4v) is 2.04. The number of nitrogens with two attached hydrogens (primary N) is 1. The van der Waals surface area contributed by atoms with Crippen LogP contribution in [0.4, 0.5) is 5.69 Å². The fourth-order valence-electron chi connectivity index (χ4n) is 1.34. The normalized spacial score (nSPS) is 10.9. The van der Waals surface area contributed by atoms with Crippen molar-refractivity contribution in [3.63, 3.8) is 0 Å². The van der Waals surface area contributed by atoms with Crippen molar-refractivity contribution >= 4 is 21.6 Å². The van der Waals surface area contributed by atoms with Gasteiger partial charge < -0.3 is 10.1 Å². The lowest BCUT2D eigenvalue weighted by molar-refractivity contribution is -0.385. The Morgan fingerprint density at radius 2 is 2.15 bits per heavy atom. The molecule has 3 N–H and O–H groups in total. The van der Waals surface area contributed by atoms with Crippen LogP contribution in [0.1, 0.15) is 6.92 Å². The number of amides is 1. The number of nitro groups is 1. The van der Waals surface area contributed by atoms with Crippen LogP contribution in [-0.2, 0) is 14.8 Å². The number of benzene rings is 1. The van der Waals surface area contributed by atoms with Gasteiger partial charge in [-0.25, -0.2) is 13.6 Å². The highest BCUT2D eigenvalue weighted by molar-refractivity contribution is 7.89. The SMILES string of the molecule is CCNC(=O)COc1ccc([N+](=O)[O-])cc1S(N)(=O)=O. The van der Waals surface area contributed by atoms with Crippen LogP contribution in [0.25, 0.3) is 0 Å². The van der Waals surface area contributed by atoms with E-state index in [0.29, 0.717) is 6.54 Å². The van der Waals surface area contributed by atoms with Crippen molar-refractivity contribution in [2.75, 3.05) is 13.2 Å². The smallest absolute Gasteiger partial charge is 0.271 e. The number of hydrogen-bond acceptors (Lipinski definition) is 6. The van der Waals surface area contributed by atoms with E-state index in [4.69, 9.17) is 9.88 Å². The summed E-state index contributed by atoms with van der Waals surface area (Å²) < 4.78 is 27.8. The van der Waals surface area contributed by atoms with E-state index in [2.05, 4.69) is 5.32 Å². The van der Waals surface area contributed by atoms with Crippen LogP contribution in [0.15, 0.2) is 23.1 Å². The summed E-state index contributed by atoms with van der Waals surface area (Å²) in [7, 11) is -4.21. The van der Waals surface area contributed by atoms with Gasteiger partial charge in [-0.05, 0) is 13.0 Å². The average Bonchev–Trinajstić information content (AvgIpc) is 2.35. The third-order valence-electron chi connectivity index (χ3n) is 2.18. The first kappa shape index (κ1) is 15.9. The molecule has 10 heteroatoms. The molecule has 0 fully saturated rings. The van der Waals surface area contributed by atoms with Crippen LogP contribution in [0.5, 0.6) is 5.75 Å². The van der Waals surface area contributed by atoms with E-state index in [0.717, 1.165) is 18.2 Å². The second-order valence-corrected chi connectivity index (χ2v) is 5.21. The molecule has 0 unspecified atom stereocenters. The molecule has 0 heterocycles. The maximum absolute atomic E-state index is 11.4. The number of sulfonamides is 1. The highest BCUT2D eigenvalue weighted by Crippen LogP contribution is 2.27. The van der Waals surface area contributed by atoms with Crippen LogP contribution in [0.2, 0.25) is 0 Å². The zero-order chi connectivity index (χ0) is 15.3. The van der Waals surface area contributed by atoms with Gasteiger partial charge in [0.1, 0.15) is 10.6 Å². The van der Waals surface area contributed by atoms with Crippen LogP contribution in [0.3, 0.4) is 0 Å². The van der Waals surface area contributed by atoms with Crippen LogP contribution in [-0.4, -0.2) is 32.4 Å². The van der Waals surface area contributed by atoms with Crippen molar-refractivity contribution < 1.29 is 22.9 Å². The molecule has 110 valence electrons. The molecule has 1 amide bonds. The standard InChI is InChI=1S/C10H13N3O6S/c1-2-12-10(14)6-19-8-4-3-7(13(15)16)5-9(8)20(11,17)18/h3-5H,2,6H2,1H3,(H,12,14)(H2,11,17,18). The average molecular weight is 303 g/mol. The summed E-state index contributed by atoms with van der Waals surface area (Å²) >= 11 is 0. The van der Waals surface area contributed by atoms with Gasteiger partial charge in [0.2, 0.25) is 10.0 Å². The maximum Gasteiger partial charge on any atom is 0.271 e. The van der Waals surface area contributed by atoms with Gasteiger partial charge in [-0.1, -0.05) is 0 Å². The first-order valence-corrected chi connectivity index (χ1v) is 7.01. The van der Waals surface area contributed by atoms with E-state index in [1.807, 2.05) is 0 Å². The van der Waals surface area contributed by atoms with Crippen molar-refractivity contribution in [2.24, 2.45) is 5.14 Å². The first-order valence-electron chi connectivity index (χ1n) is 5.46. The van der Waals surface area contributed by atoms with E-state index >= 15 is 0 Å². The third-order valence-corrected chi connectivity index (χ3v) is 3.11.